The summed E-state index contributed by atoms with van der Waals surface area (Å²) in [7, 11) is 0. The van der Waals surface area contributed by atoms with E-state index in [0.29, 0.717) is 22.6 Å². The van der Waals surface area contributed by atoms with E-state index in [4.69, 9.17) is 14.5 Å². The summed E-state index contributed by atoms with van der Waals surface area (Å²) >= 11 is 0. The van der Waals surface area contributed by atoms with Gasteiger partial charge in [-0.1, -0.05) is 17.7 Å². The van der Waals surface area contributed by atoms with Crippen LogP contribution in [0.1, 0.15) is 37.3 Å². The number of aryl methyl sites for hydroxylation is 3. The van der Waals surface area contributed by atoms with E-state index < -0.39 is 12.1 Å². The number of rotatable bonds is 12. The van der Waals surface area contributed by atoms with Crippen LogP contribution >= 0.6 is 0 Å². The fourth-order valence-electron chi connectivity index (χ4n) is 6.12. The summed E-state index contributed by atoms with van der Waals surface area (Å²) < 4.78 is 13.4. The standard InChI is InChI=1S/C34H40N6O5/c1-21-7-8-30(22(2)15-21)44-20-25(45-23(3)41)18-36-27-9-10-35-33(42)31(27)32-37-28-16-24-19-40(14-6-13-39-11-4-5-12-39)34(43)26(24)17-29(28)38-32/h7-10,15-17,19,25,43H,4-6,11-14,18,20H2,1-3H3,(H,37,38)(H2,35,36,42)/t25-/m1/s1. The molecule has 5 aromatic rings. The predicted molar refractivity (Wildman–Crippen MR) is 175 cm³/mol. The smallest absolute Gasteiger partial charge is 0.303 e. The van der Waals surface area contributed by atoms with Crippen LogP contribution in [0, 0.1) is 13.8 Å². The number of anilines is 1. The topological polar surface area (TPSA) is 138 Å². The Balaban J connectivity index is 1.20. The fourth-order valence-corrected chi connectivity index (χ4v) is 6.12. The minimum atomic E-state index is -0.610. The summed E-state index contributed by atoms with van der Waals surface area (Å²) in [5, 5.41) is 15.9. The van der Waals surface area contributed by atoms with Crippen LogP contribution in [0.4, 0.5) is 5.69 Å². The number of H-pyrrole nitrogens is 2. The van der Waals surface area contributed by atoms with Gasteiger partial charge in [-0.2, -0.15) is 0 Å². The molecule has 0 aliphatic carbocycles. The first-order chi connectivity index (χ1) is 21.7. The van der Waals surface area contributed by atoms with Crippen LogP contribution in [-0.2, 0) is 16.1 Å². The summed E-state index contributed by atoms with van der Waals surface area (Å²) in [6.07, 6.45) is 6.41. The van der Waals surface area contributed by atoms with Gasteiger partial charge in [0, 0.05) is 36.6 Å². The number of esters is 1. The molecular weight excluding hydrogens is 572 g/mol. The molecule has 0 unspecified atom stereocenters. The largest absolute Gasteiger partial charge is 0.494 e. The second kappa shape index (κ2) is 13.1. The molecule has 6 rings (SSSR count). The second-order valence-corrected chi connectivity index (χ2v) is 11.9. The van der Waals surface area contributed by atoms with E-state index in [1.165, 1.54) is 19.8 Å². The van der Waals surface area contributed by atoms with Crippen molar-refractivity contribution in [3.05, 3.63) is 70.3 Å². The molecule has 45 heavy (non-hydrogen) atoms. The zero-order chi connectivity index (χ0) is 31.5. The first-order valence-corrected chi connectivity index (χ1v) is 15.5. The van der Waals surface area contributed by atoms with Gasteiger partial charge in [0.05, 0.1) is 23.3 Å². The lowest BCUT2D eigenvalue weighted by atomic mass is 10.1. The predicted octanol–water partition coefficient (Wildman–Crippen LogP) is 5.10. The number of fused-ring (bicyclic) bond motifs is 2. The van der Waals surface area contributed by atoms with Gasteiger partial charge < -0.3 is 39.3 Å². The molecule has 3 aromatic heterocycles. The third kappa shape index (κ3) is 6.83. The van der Waals surface area contributed by atoms with Gasteiger partial charge in [-0.15, -0.1) is 0 Å². The summed E-state index contributed by atoms with van der Waals surface area (Å²) in [5.74, 6) is 0.895. The van der Waals surface area contributed by atoms with E-state index >= 15 is 0 Å². The molecule has 1 aliphatic rings. The number of ether oxygens (including phenoxy) is 2. The molecule has 0 radical (unpaired) electrons. The number of hydrogen-bond donors (Lipinski definition) is 4. The number of carbonyl (C=O) groups excluding carboxylic acids is 1. The maximum Gasteiger partial charge on any atom is 0.303 e. The molecule has 11 nitrogen and oxygen atoms in total. The molecule has 4 N–H and O–H groups in total. The average Bonchev–Trinajstić information content (AvgIpc) is 3.73. The molecule has 0 amide bonds. The Kier molecular flexibility index (Phi) is 8.79. The van der Waals surface area contributed by atoms with Crippen molar-refractivity contribution < 1.29 is 19.4 Å². The molecule has 1 fully saturated rings. The second-order valence-electron chi connectivity index (χ2n) is 11.9. The van der Waals surface area contributed by atoms with E-state index in [0.717, 1.165) is 65.8 Å². The number of likely N-dealkylation sites (tertiary alicyclic amines) is 1. The van der Waals surface area contributed by atoms with Crippen LogP contribution in [0.5, 0.6) is 11.6 Å². The lowest BCUT2D eigenvalue weighted by Gasteiger charge is -2.20. The van der Waals surface area contributed by atoms with Crippen molar-refractivity contribution in [2.75, 3.05) is 38.1 Å². The van der Waals surface area contributed by atoms with E-state index in [2.05, 4.69) is 20.2 Å². The van der Waals surface area contributed by atoms with Gasteiger partial charge in [0.2, 0.25) is 0 Å². The van der Waals surface area contributed by atoms with Crippen LogP contribution in [0.15, 0.2) is 53.6 Å². The number of carbonyl (C=O) groups is 1. The van der Waals surface area contributed by atoms with Gasteiger partial charge in [0.15, 0.2) is 12.0 Å². The van der Waals surface area contributed by atoms with Crippen molar-refractivity contribution in [1.82, 2.24) is 24.4 Å². The molecule has 1 aliphatic heterocycles. The number of hydrogen-bond acceptors (Lipinski definition) is 8. The van der Waals surface area contributed by atoms with Gasteiger partial charge in [-0.3, -0.25) is 9.59 Å². The van der Waals surface area contributed by atoms with Crippen molar-refractivity contribution in [2.45, 2.75) is 52.7 Å². The molecule has 0 bridgehead atoms. The Bertz CT molecular complexity index is 1880. The maximum atomic E-state index is 13.1. The van der Waals surface area contributed by atoms with Crippen LogP contribution in [0.3, 0.4) is 0 Å². The normalized spacial score (nSPS) is 14.3. The Morgan fingerprint density at radius 2 is 1.96 bits per heavy atom. The summed E-state index contributed by atoms with van der Waals surface area (Å²) in [5.41, 5.74) is 4.04. The summed E-state index contributed by atoms with van der Waals surface area (Å²) in [4.78, 5) is 38.2. The highest BCUT2D eigenvalue weighted by molar-refractivity contribution is 5.99. The van der Waals surface area contributed by atoms with Gasteiger partial charge >= 0.3 is 5.97 Å². The molecular formula is C34H40N6O5. The van der Waals surface area contributed by atoms with Crippen molar-refractivity contribution >= 4 is 33.5 Å². The Hall–Kier alpha value is -4.77. The number of aromatic hydroxyl groups is 1. The summed E-state index contributed by atoms with van der Waals surface area (Å²) in [6, 6.07) is 11.4. The van der Waals surface area contributed by atoms with E-state index in [1.807, 2.05) is 54.9 Å². The highest BCUT2D eigenvalue weighted by Crippen LogP contribution is 2.32. The lowest BCUT2D eigenvalue weighted by molar-refractivity contribution is -0.147. The van der Waals surface area contributed by atoms with Crippen molar-refractivity contribution in [2.24, 2.45) is 0 Å². The Morgan fingerprint density at radius 3 is 2.73 bits per heavy atom. The number of nitrogens with one attached hydrogen (secondary N) is 3. The third-order valence-corrected chi connectivity index (χ3v) is 8.34. The molecule has 0 spiro atoms. The number of nitrogens with zero attached hydrogens (tertiary/aromatic N) is 3. The molecule has 1 saturated heterocycles. The fraction of sp³-hybridized carbons (Fsp3) is 0.382. The van der Waals surface area contributed by atoms with E-state index in [1.54, 1.807) is 12.3 Å². The Labute approximate surface area is 261 Å². The average molecular weight is 613 g/mol. The first kappa shape index (κ1) is 30.3. The van der Waals surface area contributed by atoms with Gasteiger partial charge in [0.25, 0.3) is 5.56 Å². The minimum Gasteiger partial charge on any atom is -0.494 e. The highest BCUT2D eigenvalue weighted by Gasteiger charge is 2.20. The molecule has 0 saturated carbocycles. The monoisotopic (exact) mass is 612 g/mol. The van der Waals surface area contributed by atoms with Gasteiger partial charge in [-0.25, -0.2) is 4.98 Å². The first-order valence-electron chi connectivity index (χ1n) is 15.5. The number of imidazole rings is 1. The van der Waals surface area contributed by atoms with Crippen molar-refractivity contribution in [1.29, 1.82) is 0 Å². The zero-order valence-electron chi connectivity index (χ0n) is 26.0. The number of pyridine rings is 1. The third-order valence-electron chi connectivity index (χ3n) is 8.34. The minimum absolute atomic E-state index is 0.136. The zero-order valence-corrected chi connectivity index (χ0v) is 26.0. The quantitative estimate of drug-likeness (QED) is 0.143. The number of aromatic amines is 2. The molecule has 236 valence electrons. The van der Waals surface area contributed by atoms with Gasteiger partial charge in [-0.05, 0) is 82.6 Å². The van der Waals surface area contributed by atoms with Crippen LogP contribution in [0.2, 0.25) is 0 Å². The van der Waals surface area contributed by atoms with Crippen LogP contribution in [0.25, 0.3) is 33.2 Å². The van der Waals surface area contributed by atoms with Crippen LogP contribution in [-0.4, -0.2) is 74.4 Å². The number of aromatic nitrogens is 4. The summed E-state index contributed by atoms with van der Waals surface area (Å²) in [6.45, 7) is 9.78. The SMILES string of the molecule is CC(=O)O[C@H](CNc1cc[nH]c(=O)c1-c1nc2cc3c(O)n(CCCN4CCCC4)cc3cc2[nH]1)COc1ccc(C)cc1C. The lowest BCUT2D eigenvalue weighted by Crippen LogP contribution is -2.32. The number of benzene rings is 2. The van der Waals surface area contributed by atoms with E-state index in [-0.39, 0.29) is 24.6 Å². The highest BCUT2D eigenvalue weighted by atomic mass is 16.6. The molecule has 11 heteroatoms. The van der Waals surface area contributed by atoms with Crippen LogP contribution < -0.4 is 15.6 Å². The molecule has 2 aromatic carbocycles. The van der Waals surface area contributed by atoms with Crippen molar-refractivity contribution in [3.8, 4) is 23.0 Å². The molecule has 4 heterocycles. The molecule has 1 atom stereocenters. The van der Waals surface area contributed by atoms with Crippen molar-refractivity contribution in [3.63, 3.8) is 0 Å². The Morgan fingerprint density at radius 1 is 1.13 bits per heavy atom. The maximum absolute atomic E-state index is 13.1. The van der Waals surface area contributed by atoms with Gasteiger partial charge in [0.1, 0.15) is 23.7 Å². The van der Waals surface area contributed by atoms with E-state index in [9.17, 15) is 14.7 Å².